The summed E-state index contributed by atoms with van der Waals surface area (Å²) >= 11 is 4.95. The minimum atomic E-state index is -3.58. The van der Waals surface area contributed by atoms with Crippen LogP contribution in [0, 0.1) is 0 Å². The molecule has 0 amide bonds. The average Bonchev–Trinajstić information content (AvgIpc) is 2.76. The first-order valence-electron chi connectivity index (χ1n) is 6.86. The molecule has 0 bridgehead atoms. The van der Waals surface area contributed by atoms with Crippen molar-refractivity contribution in [3.63, 3.8) is 0 Å². The zero-order chi connectivity index (χ0) is 16.6. The number of allylic oxidation sites excluding steroid dienone is 1. The highest BCUT2D eigenvalue weighted by atomic mass is 32.2. The number of fused-ring (bicyclic) bond motifs is 1. The summed E-state index contributed by atoms with van der Waals surface area (Å²) in [6.45, 7) is 1.67. The summed E-state index contributed by atoms with van der Waals surface area (Å²) in [5, 5.41) is 6.11. The lowest BCUT2D eigenvalue weighted by atomic mass is 10.2. The van der Waals surface area contributed by atoms with E-state index in [2.05, 4.69) is 10.6 Å². The lowest BCUT2D eigenvalue weighted by molar-refractivity contribution is -0.138. The molecule has 2 aliphatic heterocycles. The smallest absolute Gasteiger partial charge is 0.337 e. The van der Waals surface area contributed by atoms with Gasteiger partial charge in [-0.2, -0.15) is 0 Å². The van der Waals surface area contributed by atoms with Crippen LogP contribution in [-0.2, 0) is 19.4 Å². The molecule has 0 atom stereocenters. The molecule has 2 aliphatic rings. The molecular weight excluding hydrogens is 336 g/mol. The molecule has 0 aromatic heterocycles. The van der Waals surface area contributed by atoms with Crippen molar-refractivity contribution in [1.29, 1.82) is 0 Å². The van der Waals surface area contributed by atoms with E-state index in [0.717, 1.165) is 0 Å². The summed E-state index contributed by atoms with van der Waals surface area (Å²) in [4.78, 5) is 12.5. The lowest BCUT2D eigenvalue weighted by Gasteiger charge is -2.20. The molecule has 0 radical (unpaired) electrons. The van der Waals surface area contributed by atoms with E-state index in [1.807, 2.05) is 0 Å². The van der Waals surface area contributed by atoms with Crippen LogP contribution in [-0.4, -0.2) is 32.7 Å². The van der Waals surface area contributed by atoms with E-state index in [-0.39, 0.29) is 23.0 Å². The van der Waals surface area contributed by atoms with Crippen LogP contribution in [0.25, 0.3) is 6.08 Å². The van der Waals surface area contributed by atoms with E-state index >= 15 is 0 Å². The Bertz CT molecular complexity index is 869. The largest absolute Gasteiger partial charge is 0.457 e. The number of carbonyl (C=O) groups excluding carboxylic acids is 1. The predicted molar refractivity (Wildman–Crippen MR) is 89.0 cm³/mol. The highest BCUT2D eigenvalue weighted by molar-refractivity contribution is 7.95. The molecule has 0 saturated carbocycles. The number of nitrogens with one attached hydrogen (secondary N) is 2. The fraction of sp³-hybridized carbons (Fsp3) is 0.200. The number of ether oxygens (including phenoxy) is 1. The number of sulfone groups is 1. The Balaban J connectivity index is 1.74. The Kier molecular flexibility index (Phi) is 3.95. The summed E-state index contributed by atoms with van der Waals surface area (Å²) in [6, 6.07) is 6.68. The van der Waals surface area contributed by atoms with Crippen molar-refractivity contribution in [2.24, 2.45) is 0 Å². The standard InChI is InChI=1S/C15H14N2O4S2/c1-9-12(7-16-15(22)17-9)14(18)21-8-11-6-10-4-2-3-5-13(10)23(11,19)20/h2-6H,7-8H2,1H3,(H2,16,17,22). The van der Waals surface area contributed by atoms with Gasteiger partial charge in [-0.3, -0.25) is 0 Å². The van der Waals surface area contributed by atoms with Crippen LogP contribution in [0.2, 0.25) is 0 Å². The topological polar surface area (TPSA) is 84.5 Å². The number of hydrogen-bond acceptors (Lipinski definition) is 5. The van der Waals surface area contributed by atoms with Gasteiger partial charge in [-0.15, -0.1) is 0 Å². The molecule has 8 heteroatoms. The second kappa shape index (κ2) is 5.78. The Hall–Kier alpha value is -2.19. The highest BCUT2D eigenvalue weighted by Gasteiger charge is 2.30. The maximum atomic E-state index is 12.4. The van der Waals surface area contributed by atoms with Crippen LogP contribution in [0.1, 0.15) is 12.5 Å². The SMILES string of the molecule is CC1=C(C(=O)OCC2=Cc3ccccc3S2(=O)=O)CNC(=S)N1. The van der Waals surface area contributed by atoms with Crippen LogP contribution in [0.5, 0.6) is 0 Å². The van der Waals surface area contributed by atoms with Gasteiger partial charge in [-0.25, -0.2) is 13.2 Å². The summed E-state index contributed by atoms with van der Waals surface area (Å²) in [7, 11) is -3.58. The van der Waals surface area contributed by atoms with Crippen LogP contribution < -0.4 is 10.6 Å². The van der Waals surface area contributed by atoms with Crippen molar-refractivity contribution >= 4 is 39.2 Å². The highest BCUT2D eigenvalue weighted by Crippen LogP contribution is 2.32. The molecular formula is C15H14N2O4S2. The summed E-state index contributed by atoms with van der Waals surface area (Å²) in [6.07, 6.45) is 1.53. The van der Waals surface area contributed by atoms with Gasteiger partial charge in [0.15, 0.2) is 5.11 Å². The average molecular weight is 350 g/mol. The van der Waals surface area contributed by atoms with Gasteiger partial charge in [0.2, 0.25) is 9.84 Å². The third kappa shape index (κ3) is 2.87. The van der Waals surface area contributed by atoms with E-state index in [1.54, 1.807) is 31.2 Å². The number of benzene rings is 1. The van der Waals surface area contributed by atoms with Crippen molar-refractivity contribution < 1.29 is 17.9 Å². The summed E-state index contributed by atoms with van der Waals surface area (Å²) in [5.74, 6) is -0.572. The first kappa shape index (κ1) is 15.7. The quantitative estimate of drug-likeness (QED) is 0.624. The third-order valence-corrected chi connectivity index (χ3v) is 5.76. The molecule has 0 unspecified atom stereocenters. The van der Waals surface area contributed by atoms with Gasteiger partial charge >= 0.3 is 5.97 Å². The Morgan fingerprint density at radius 2 is 2.09 bits per heavy atom. The van der Waals surface area contributed by atoms with Crippen LogP contribution in [0.4, 0.5) is 0 Å². The van der Waals surface area contributed by atoms with E-state index in [9.17, 15) is 13.2 Å². The number of hydrogen-bond donors (Lipinski definition) is 2. The van der Waals surface area contributed by atoms with Gasteiger partial charge in [0, 0.05) is 5.70 Å². The number of rotatable bonds is 3. The molecule has 1 aromatic carbocycles. The van der Waals surface area contributed by atoms with Crippen molar-refractivity contribution in [2.75, 3.05) is 13.2 Å². The van der Waals surface area contributed by atoms with E-state index < -0.39 is 15.8 Å². The van der Waals surface area contributed by atoms with Gasteiger partial charge in [0.25, 0.3) is 0 Å². The number of carbonyl (C=O) groups is 1. The molecule has 6 nitrogen and oxygen atoms in total. The van der Waals surface area contributed by atoms with Gasteiger partial charge in [0.05, 0.1) is 21.9 Å². The molecule has 1 aromatic rings. The molecule has 3 rings (SSSR count). The molecule has 2 N–H and O–H groups in total. The zero-order valence-electron chi connectivity index (χ0n) is 12.3. The fourth-order valence-electron chi connectivity index (χ4n) is 2.40. The van der Waals surface area contributed by atoms with Crippen molar-refractivity contribution in [3.8, 4) is 0 Å². The maximum absolute atomic E-state index is 12.4. The van der Waals surface area contributed by atoms with E-state index in [0.29, 0.717) is 21.9 Å². The normalized spacial score (nSPS) is 18.7. The zero-order valence-corrected chi connectivity index (χ0v) is 13.9. The van der Waals surface area contributed by atoms with Crippen molar-refractivity contribution in [3.05, 3.63) is 46.0 Å². The first-order chi connectivity index (χ1) is 10.9. The van der Waals surface area contributed by atoms with Crippen LogP contribution in [0.3, 0.4) is 0 Å². The van der Waals surface area contributed by atoms with Crippen LogP contribution in [0.15, 0.2) is 45.3 Å². The van der Waals surface area contributed by atoms with E-state index in [1.165, 1.54) is 6.08 Å². The van der Waals surface area contributed by atoms with E-state index in [4.69, 9.17) is 17.0 Å². The Labute approximate surface area is 139 Å². The lowest BCUT2D eigenvalue weighted by Crippen LogP contribution is -2.43. The predicted octanol–water partition coefficient (Wildman–Crippen LogP) is 1.11. The molecule has 23 heavy (non-hydrogen) atoms. The fourth-order valence-corrected chi connectivity index (χ4v) is 4.10. The Morgan fingerprint density at radius 1 is 1.35 bits per heavy atom. The molecule has 0 saturated heterocycles. The first-order valence-corrected chi connectivity index (χ1v) is 8.75. The van der Waals surface area contributed by atoms with Gasteiger partial charge in [0.1, 0.15) is 6.61 Å². The second-order valence-electron chi connectivity index (χ2n) is 5.14. The minimum Gasteiger partial charge on any atom is -0.457 e. The number of esters is 1. The number of thiocarbonyl (C=S) groups is 1. The van der Waals surface area contributed by atoms with Gasteiger partial charge < -0.3 is 15.4 Å². The third-order valence-electron chi connectivity index (χ3n) is 3.64. The van der Waals surface area contributed by atoms with Gasteiger partial charge in [-0.1, -0.05) is 18.2 Å². The molecule has 120 valence electrons. The molecule has 0 fully saturated rings. The minimum absolute atomic E-state index is 0.0811. The molecule has 0 aliphatic carbocycles. The second-order valence-corrected chi connectivity index (χ2v) is 7.52. The monoisotopic (exact) mass is 350 g/mol. The van der Waals surface area contributed by atoms with Crippen LogP contribution >= 0.6 is 12.2 Å². The summed E-state index contributed by atoms with van der Waals surface area (Å²) in [5.41, 5.74) is 1.61. The maximum Gasteiger partial charge on any atom is 0.337 e. The van der Waals surface area contributed by atoms with Crippen molar-refractivity contribution in [1.82, 2.24) is 10.6 Å². The summed E-state index contributed by atoms with van der Waals surface area (Å²) < 4.78 is 29.9. The van der Waals surface area contributed by atoms with Crippen molar-refractivity contribution in [2.45, 2.75) is 11.8 Å². The molecule has 0 spiro atoms. The molecule has 2 heterocycles. The Morgan fingerprint density at radius 3 is 2.78 bits per heavy atom. The van der Waals surface area contributed by atoms with Gasteiger partial charge in [-0.05, 0) is 36.8 Å².